The van der Waals surface area contributed by atoms with Gasteiger partial charge in [-0.1, -0.05) is 18.2 Å². The van der Waals surface area contributed by atoms with E-state index < -0.39 is 0 Å². The smallest absolute Gasteiger partial charge is 0.310 e. The molecule has 1 atom stereocenters. The number of carbonyl (C=O) groups excluding carboxylic acids is 2. The lowest BCUT2D eigenvalue weighted by Gasteiger charge is -2.35. The van der Waals surface area contributed by atoms with Crippen molar-refractivity contribution < 1.29 is 19.1 Å². The molecule has 166 valence electrons. The maximum Gasteiger partial charge on any atom is 0.310 e. The van der Waals surface area contributed by atoms with Gasteiger partial charge in [0.1, 0.15) is 5.75 Å². The molecule has 0 radical (unpaired) electrons. The number of carbonyl (C=O) groups is 2. The minimum absolute atomic E-state index is 0.0976. The summed E-state index contributed by atoms with van der Waals surface area (Å²) >= 11 is 0. The van der Waals surface area contributed by atoms with Crippen molar-refractivity contribution in [3.05, 3.63) is 65.9 Å². The van der Waals surface area contributed by atoms with E-state index in [2.05, 4.69) is 9.88 Å². The standard InChI is InChI=1S/C26H28N2O4/c1-3-31-20-13-11-18(12-14-20)25(29)22-16-27-23-10-6-5-9-21(23)24(22)28-15-7-8-19(17-28)26(30)32-4-2/h5-6,9-14,16,19H,3-4,7-8,15,17H2,1-2H3/t19-/m1/s1. The van der Waals surface area contributed by atoms with Gasteiger partial charge in [-0.25, -0.2) is 0 Å². The Hall–Kier alpha value is -3.41. The summed E-state index contributed by atoms with van der Waals surface area (Å²) in [5.74, 6) is 0.257. The third-order valence-corrected chi connectivity index (χ3v) is 5.78. The summed E-state index contributed by atoms with van der Waals surface area (Å²) in [5.41, 5.74) is 2.77. The number of anilines is 1. The summed E-state index contributed by atoms with van der Waals surface area (Å²) in [5, 5.41) is 0.911. The molecule has 1 fully saturated rings. The van der Waals surface area contributed by atoms with Crippen LogP contribution in [0, 0.1) is 5.92 Å². The topological polar surface area (TPSA) is 68.7 Å². The SMILES string of the molecule is CCOC(=O)[C@@H]1CCCN(c2c(C(=O)c3ccc(OCC)cc3)cnc3ccccc23)C1. The number of ketones is 1. The Morgan fingerprint density at radius 1 is 1.06 bits per heavy atom. The van der Waals surface area contributed by atoms with Crippen LogP contribution in [-0.2, 0) is 9.53 Å². The van der Waals surface area contributed by atoms with Crippen molar-refractivity contribution in [2.45, 2.75) is 26.7 Å². The average molecular weight is 433 g/mol. The molecule has 6 nitrogen and oxygen atoms in total. The lowest BCUT2D eigenvalue weighted by atomic mass is 9.94. The van der Waals surface area contributed by atoms with Crippen LogP contribution in [0.15, 0.2) is 54.7 Å². The predicted molar refractivity (Wildman–Crippen MR) is 124 cm³/mol. The number of ether oxygens (including phenoxy) is 2. The molecule has 32 heavy (non-hydrogen) atoms. The second-order valence-electron chi connectivity index (χ2n) is 7.86. The molecule has 1 aliphatic rings. The second kappa shape index (κ2) is 9.81. The molecule has 1 aliphatic heterocycles. The third kappa shape index (κ3) is 4.44. The van der Waals surface area contributed by atoms with E-state index in [9.17, 15) is 9.59 Å². The minimum atomic E-state index is -0.205. The first-order valence-electron chi connectivity index (χ1n) is 11.2. The van der Waals surface area contributed by atoms with Crippen molar-refractivity contribution in [3.8, 4) is 5.75 Å². The number of aromatic nitrogens is 1. The van der Waals surface area contributed by atoms with Gasteiger partial charge in [0.05, 0.1) is 35.9 Å². The Morgan fingerprint density at radius 3 is 2.59 bits per heavy atom. The van der Waals surface area contributed by atoms with Crippen molar-refractivity contribution >= 4 is 28.3 Å². The molecule has 3 aromatic rings. The maximum atomic E-state index is 13.5. The fourth-order valence-electron chi connectivity index (χ4n) is 4.29. The van der Waals surface area contributed by atoms with Crippen LogP contribution < -0.4 is 9.64 Å². The molecular weight excluding hydrogens is 404 g/mol. The molecule has 0 spiro atoms. The predicted octanol–water partition coefficient (Wildman–Crippen LogP) is 4.64. The van der Waals surface area contributed by atoms with Crippen molar-refractivity contribution in [3.63, 3.8) is 0 Å². The van der Waals surface area contributed by atoms with Gasteiger partial charge in [0.25, 0.3) is 0 Å². The molecule has 0 aliphatic carbocycles. The summed E-state index contributed by atoms with van der Waals surface area (Å²) in [4.78, 5) is 32.7. The van der Waals surface area contributed by atoms with Crippen molar-refractivity contribution in [1.29, 1.82) is 0 Å². The van der Waals surface area contributed by atoms with Gasteiger partial charge in [0, 0.05) is 30.2 Å². The lowest BCUT2D eigenvalue weighted by molar-refractivity contribution is -0.148. The first kappa shape index (κ1) is 21.8. The van der Waals surface area contributed by atoms with Crippen LogP contribution in [0.5, 0.6) is 5.75 Å². The van der Waals surface area contributed by atoms with E-state index in [1.54, 1.807) is 18.3 Å². The van der Waals surface area contributed by atoms with E-state index in [0.717, 1.165) is 41.7 Å². The highest BCUT2D eigenvalue weighted by Crippen LogP contribution is 2.34. The first-order valence-corrected chi connectivity index (χ1v) is 11.2. The zero-order valence-electron chi connectivity index (χ0n) is 18.5. The average Bonchev–Trinajstić information content (AvgIpc) is 2.84. The molecule has 2 heterocycles. The van der Waals surface area contributed by atoms with Gasteiger partial charge in [0.2, 0.25) is 0 Å². The molecule has 0 amide bonds. The van der Waals surface area contributed by atoms with Crippen LogP contribution in [0.3, 0.4) is 0 Å². The Bertz CT molecular complexity index is 1110. The number of piperidine rings is 1. The second-order valence-corrected chi connectivity index (χ2v) is 7.86. The van der Waals surface area contributed by atoms with E-state index in [4.69, 9.17) is 9.47 Å². The largest absolute Gasteiger partial charge is 0.494 e. The van der Waals surface area contributed by atoms with Gasteiger partial charge < -0.3 is 14.4 Å². The summed E-state index contributed by atoms with van der Waals surface area (Å²) < 4.78 is 10.8. The number of rotatable bonds is 7. The Labute approximate surface area is 188 Å². The van der Waals surface area contributed by atoms with Crippen LogP contribution in [0.2, 0.25) is 0 Å². The molecule has 1 saturated heterocycles. The maximum absolute atomic E-state index is 13.5. The van der Waals surface area contributed by atoms with Crippen LogP contribution >= 0.6 is 0 Å². The van der Waals surface area contributed by atoms with Gasteiger partial charge in [-0.2, -0.15) is 0 Å². The first-order chi connectivity index (χ1) is 15.6. The Balaban J connectivity index is 1.74. The zero-order valence-corrected chi connectivity index (χ0v) is 18.5. The summed E-state index contributed by atoms with van der Waals surface area (Å²) in [6, 6.07) is 15.0. The van der Waals surface area contributed by atoms with Gasteiger partial charge in [0.15, 0.2) is 5.78 Å². The van der Waals surface area contributed by atoms with Crippen LogP contribution in [0.1, 0.15) is 42.6 Å². The normalized spacial score (nSPS) is 16.1. The molecular formula is C26H28N2O4. The molecule has 2 aromatic carbocycles. The van der Waals surface area contributed by atoms with E-state index in [-0.39, 0.29) is 17.7 Å². The van der Waals surface area contributed by atoms with E-state index in [0.29, 0.717) is 30.9 Å². The molecule has 6 heteroatoms. The minimum Gasteiger partial charge on any atom is -0.494 e. The third-order valence-electron chi connectivity index (χ3n) is 5.78. The molecule has 0 bridgehead atoms. The number of hydrogen-bond acceptors (Lipinski definition) is 6. The lowest BCUT2D eigenvalue weighted by Crippen LogP contribution is -2.40. The fourth-order valence-corrected chi connectivity index (χ4v) is 4.29. The fraction of sp³-hybridized carbons (Fsp3) is 0.346. The van der Waals surface area contributed by atoms with Crippen LogP contribution in [-0.4, -0.2) is 43.0 Å². The highest BCUT2D eigenvalue weighted by Gasteiger charge is 2.30. The number of esters is 1. The van der Waals surface area contributed by atoms with Gasteiger partial charge >= 0.3 is 5.97 Å². The number of nitrogens with zero attached hydrogens (tertiary/aromatic N) is 2. The molecule has 4 rings (SSSR count). The Morgan fingerprint density at radius 2 is 1.84 bits per heavy atom. The Kier molecular flexibility index (Phi) is 6.69. The highest BCUT2D eigenvalue weighted by molar-refractivity contribution is 6.16. The summed E-state index contributed by atoms with van der Waals surface area (Å²) in [6.07, 6.45) is 3.31. The van der Waals surface area contributed by atoms with Crippen molar-refractivity contribution in [1.82, 2.24) is 4.98 Å². The van der Waals surface area contributed by atoms with E-state index in [1.165, 1.54) is 0 Å². The van der Waals surface area contributed by atoms with Gasteiger partial charge in [-0.15, -0.1) is 0 Å². The number of hydrogen-bond donors (Lipinski definition) is 0. The van der Waals surface area contributed by atoms with Gasteiger partial charge in [-0.05, 0) is 57.0 Å². The van der Waals surface area contributed by atoms with Crippen molar-refractivity contribution in [2.24, 2.45) is 5.92 Å². The molecule has 0 saturated carbocycles. The highest BCUT2D eigenvalue weighted by atomic mass is 16.5. The quantitative estimate of drug-likeness (QED) is 0.400. The number of pyridine rings is 1. The molecule has 1 aromatic heterocycles. The summed E-state index contributed by atoms with van der Waals surface area (Å²) in [7, 11) is 0. The van der Waals surface area contributed by atoms with E-state index >= 15 is 0 Å². The monoisotopic (exact) mass is 432 g/mol. The van der Waals surface area contributed by atoms with Gasteiger partial charge in [-0.3, -0.25) is 14.6 Å². The zero-order chi connectivity index (χ0) is 22.5. The number of para-hydroxylation sites is 1. The van der Waals surface area contributed by atoms with Crippen molar-refractivity contribution in [2.75, 3.05) is 31.2 Å². The summed E-state index contributed by atoms with van der Waals surface area (Å²) in [6.45, 7) is 5.98. The van der Waals surface area contributed by atoms with Crippen LogP contribution in [0.25, 0.3) is 10.9 Å². The molecule has 0 N–H and O–H groups in total. The van der Waals surface area contributed by atoms with Crippen LogP contribution in [0.4, 0.5) is 5.69 Å². The van der Waals surface area contributed by atoms with E-state index in [1.807, 2.05) is 50.2 Å². The molecule has 0 unspecified atom stereocenters. The number of fused-ring (bicyclic) bond motifs is 1. The number of benzene rings is 2.